The third-order valence-electron chi connectivity index (χ3n) is 9.01. The van der Waals surface area contributed by atoms with Crippen LogP contribution in [0.3, 0.4) is 0 Å². The van der Waals surface area contributed by atoms with Crippen molar-refractivity contribution in [2.24, 2.45) is 5.92 Å². The number of aliphatic hydroxyl groups excluding tert-OH is 1. The van der Waals surface area contributed by atoms with Gasteiger partial charge in [0.15, 0.2) is 5.78 Å². The topological polar surface area (TPSA) is 109 Å². The van der Waals surface area contributed by atoms with Crippen molar-refractivity contribution in [3.63, 3.8) is 0 Å². The molecule has 4 aromatic rings. The Labute approximate surface area is 251 Å². The first-order chi connectivity index (χ1) is 20.9. The summed E-state index contributed by atoms with van der Waals surface area (Å²) in [6.07, 6.45) is 7.62. The van der Waals surface area contributed by atoms with Crippen LogP contribution < -0.4 is 15.5 Å². The van der Waals surface area contributed by atoms with E-state index >= 15 is 0 Å². The number of ketones is 1. The molecular formula is C33H40FN7O2. The lowest BCUT2D eigenvalue weighted by Crippen LogP contribution is -2.41. The van der Waals surface area contributed by atoms with Crippen molar-refractivity contribution in [3.8, 4) is 0 Å². The standard InChI is InChI=1S/C33H40FN7O2/c1-40(2)26-15-17-41(18-16-26)27-13-11-25(12-14-27)37-33-38-31-29(32(39-33)36-24-9-3-21(20-42)4-10-24)28(19-35-31)30(43)22-5-7-23(34)8-6-22/h5-8,11-14,19,21,24,26,42H,3-4,9-10,15-18,20H2,1-2H3,(H3,35,36,37,38,39). The minimum absolute atomic E-state index is 0.161. The van der Waals surface area contributed by atoms with Crippen LogP contribution >= 0.6 is 0 Å². The van der Waals surface area contributed by atoms with Gasteiger partial charge in [-0.3, -0.25) is 4.79 Å². The van der Waals surface area contributed by atoms with Crippen LogP contribution in [0.1, 0.15) is 54.4 Å². The van der Waals surface area contributed by atoms with Gasteiger partial charge in [0.05, 0.1) is 10.9 Å². The Kier molecular flexibility index (Phi) is 8.58. The lowest BCUT2D eigenvalue weighted by Gasteiger charge is -2.36. The van der Waals surface area contributed by atoms with Crippen LogP contribution in [0, 0.1) is 11.7 Å². The maximum absolute atomic E-state index is 13.5. The van der Waals surface area contributed by atoms with E-state index in [1.807, 2.05) is 12.1 Å². The fourth-order valence-corrected chi connectivity index (χ4v) is 6.34. The van der Waals surface area contributed by atoms with E-state index in [-0.39, 0.29) is 18.4 Å². The number of rotatable bonds is 9. The predicted molar refractivity (Wildman–Crippen MR) is 169 cm³/mol. The van der Waals surface area contributed by atoms with E-state index in [1.54, 1.807) is 6.20 Å². The van der Waals surface area contributed by atoms with Gasteiger partial charge in [-0.1, -0.05) is 0 Å². The lowest BCUT2D eigenvalue weighted by atomic mass is 9.86. The molecule has 6 rings (SSSR count). The zero-order valence-electron chi connectivity index (χ0n) is 24.8. The first-order valence-electron chi connectivity index (χ1n) is 15.2. The number of carbonyl (C=O) groups is 1. The number of nitrogens with zero attached hydrogens (tertiary/aromatic N) is 4. The summed E-state index contributed by atoms with van der Waals surface area (Å²) >= 11 is 0. The molecule has 0 bridgehead atoms. The van der Waals surface area contributed by atoms with Crippen LogP contribution in [0.2, 0.25) is 0 Å². The molecule has 0 spiro atoms. The fourth-order valence-electron chi connectivity index (χ4n) is 6.34. The molecule has 1 saturated carbocycles. The Morgan fingerprint density at radius 3 is 2.35 bits per heavy atom. The summed E-state index contributed by atoms with van der Waals surface area (Å²) in [5.41, 5.74) is 3.44. The number of benzene rings is 2. The largest absolute Gasteiger partial charge is 0.396 e. The van der Waals surface area contributed by atoms with Crippen molar-refractivity contribution < 1.29 is 14.3 Å². The van der Waals surface area contributed by atoms with E-state index in [0.717, 1.165) is 57.3 Å². The molecule has 10 heteroatoms. The van der Waals surface area contributed by atoms with Crippen molar-refractivity contribution in [1.82, 2.24) is 19.9 Å². The number of halogens is 1. The average molecular weight is 586 g/mol. The predicted octanol–water partition coefficient (Wildman–Crippen LogP) is 5.57. The van der Waals surface area contributed by atoms with Crippen molar-refractivity contribution >= 4 is 40.0 Å². The fraction of sp³-hybridized carbons (Fsp3) is 0.424. The summed E-state index contributed by atoms with van der Waals surface area (Å²) in [6.45, 7) is 2.28. The highest BCUT2D eigenvalue weighted by Crippen LogP contribution is 2.32. The monoisotopic (exact) mass is 585 g/mol. The average Bonchev–Trinajstić information content (AvgIpc) is 3.46. The minimum atomic E-state index is -0.391. The number of fused-ring (bicyclic) bond motifs is 1. The highest BCUT2D eigenvalue weighted by atomic mass is 19.1. The van der Waals surface area contributed by atoms with Crippen LogP contribution in [0.4, 0.5) is 27.5 Å². The van der Waals surface area contributed by atoms with Gasteiger partial charge in [-0.2, -0.15) is 9.97 Å². The number of aromatic amines is 1. The molecule has 2 fully saturated rings. The van der Waals surface area contributed by atoms with E-state index < -0.39 is 5.82 Å². The molecule has 3 heterocycles. The second kappa shape index (κ2) is 12.7. The van der Waals surface area contributed by atoms with Crippen LogP contribution in [0.25, 0.3) is 11.0 Å². The van der Waals surface area contributed by atoms with Crippen LogP contribution in [0.15, 0.2) is 54.7 Å². The Bertz CT molecular complexity index is 1540. The number of piperidine rings is 1. The molecule has 1 aliphatic heterocycles. The van der Waals surface area contributed by atoms with Gasteiger partial charge in [0.2, 0.25) is 5.95 Å². The second-order valence-corrected chi connectivity index (χ2v) is 12.1. The van der Waals surface area contributed by atoms with Crippen molar-refractivity contribution in [2.75, 3.05) is 49.3 Å². The van der Waals surface area contributed by atoms with Crippen LogP contribution in [-0.2, 0) is 0 Å². The molecule has 2 aromatic heterocycles. The zero-order valence-corrected chi connectivity index (χ0v) is 24.8. The SMILES string of the molecule is CN(C)C1CCN(c2ccc(Nc3nc(NC4CCC(CO)CC4)c4c(C(=O)c5ccc(F)cc5)c[nH]c4n3)cc2)CC1. The molecule has 1 saturated heterocycles. The van der Waals surface area contributed by atoms with E-state index in [9.17, 15) is 14.3 Å². The molecule has 9 nitrogen and oxygen atoms in total. The molecular weight excluding hydrogens is 545 g/mol. The van der Waals surface area contributed by atoms with E-state index in [0.29, 0.717) is 45.9 Å². The molecule has 2 aromatic carbocycles. The summed E-state index contributed by atoms with van der Waals surface area (Å²) in [5.74, 6) is 0.698. The third kappa shape index (κ3) is 6.50. The number of aromatic nitrogens is 3. The number of H-pyrrole nitrogens is 1. The molecule has 43 heavy (non-hydrogen) atoms. The van der Waals surface area contributed by atoms with E-state index in [2.05, 4.69) is 51.6 Å². The summed E-state index contributed by atoms with van der Waals surface area (Å²) < 4.78 is 13.5. The Hall–Kier alpha value is -4.02. The van der Waals surface area contributed by atoms with Gasteiger partial charge in [0.25, 0.3) is 0 Å². The van der Waals surface area contributed by atoms with Crippen molar-refractivity contribution in [1.29, 1.82) is 0 Å². The van der Waals surface area contributed by atoms with E-state index in [4.69, 9.17) is 9.97 Å². The van der Waals surface area contributed by atoms with Gasteiger partial charge in [0.1, 0.15) is 17.3 Å². The highest BCUT2D eigenvalue weighted by Gasteiger charge is 2.25. The van der Waals surface area contributed by atoms with Gasteiger partial charge < -0.3 is 30.5 Å². The molecule has 226 valence electrons. The number of anilines is 4. The van der Waals surface area contributed by atoms with E-state index in [1.165, 1.54) is 30.0 Å². The van der Waals surface area contributed by atoms with Gasteiger partial charge in [-0.25, -0.2) is 4.39 Å². The minimum Gasteiger partial charge on any atom is -0.396 e. The van der Waals surface area contributed by atoms with Gasteiger partial charge in [-0.15, -0.1) is 0 Å². The first-order valence-corrected chi connectivity index (χ1v) is 15.2. The van der Waals surface area contributed by atoms with Crippen molar-refractivity contribution in [2.45, 2.75) is 50.6 Å². The van der Waals surface area contributed by atoms with Crippen molar-refractivity contribution in [3.05, 3.63) is 71.7 Å². The number of aliphatic hydroxyl groups is 1. The summed E-state index contributed by atoms with van der Waals surface area (Å²) in [4.78, 5) is 31.0. The first kappa shape index (κ1) is 29.1. The van der Waals surface area contributed by atoms with Gasteiger partial charge in [0, 0.05) is 54.9 Å². The molecule has 2 aliphatic rings. The van der Waals surface area contributed by atoms with Crippen LogP contribution in [0.5, 0.6) is 0 Å². The van der Waals surface area contributed by atoms with Gasteiger partial charge in [-0.05, 0) is 107 Å². The summed E-state index contributed by atoms with van der Waals surface area (Å²) in [5, 5.41) is 17.1. The summed E-state index contributed by atoms with van der Waals surface area (Å²) in [6, 6.07) is 14.7. The lowest BCUT2D eigenvalue weighted by molar-refractivity contribution is 0.104. The molecule has 0 unspecified atom stereocenters. The highest BCUT2D eigenvalue weighted by molar-refractivity contribution is 6.18. The summed E-state index contributed by atoms with van der Waals surface area (Å²) in [7, 11) is 4.31. The quantitative estimate of drug-likeness (QED) is 0.189. The Morgan fingerprint density at radius 1 is 1.00 bits per heavy atom. The number of carbonyl (C=O) groups excluding carboxylic acids is 1. The van der Waals surface area contributed by atoms with Gasteiger partial charge >= 0.3 is 0 Å². The third-order valence-corrected chi connectivity index (χ3v) is 9.01. The molecule has 0 amide bonds. The normalized spacial score (nSPS) is 19.6. The second-order valence-electron chi connectivity index (χ2n) is 12.1. The molecule has 0 radical (unpaired) electrons. The Balaban J connectivity index is 1.25. The molecule has 4 N–H and O–H groups in total. The molecule has 0 atom stereocenters. The Morgan fingerprint density at radius 2 is 1.70 bits per heavy atom. The number of hydrogen-bond acceptors (Lipinski definition) is 8. The number of nitrogens with one attached hydrogen (secondary N) is 3. The molecule has 1 aliphatic carbocycles. The van der Waals surface area contributed by atoms with Crippen LogP contribution in [-0.4, -0.2) is 76.6 Å². The maximum atomic E-state index is 13.5. The zero-order chi connectivity index (χ0) is 29.9. The number of hydrogen-bond donors (Lipinski definition) is 4. The smallest absolute Gasteiger partial charge is 0.231 e. The maximum Gasteiger partial charge on any atom is 0.231 e.